The van der Waals surface area contributed by atoms with Crippen LogP contribution in [0.15, 0.2) is 72.8 Å². The van der Waals surface area contributed by atoms with Crippen LogP contribution in [0.3, 0.4) is 0 Å². The van der Waals surface area contributed by atoms with E-state index in [1.165, 1.54) is 23.9 Å². The van der Waals surface area contributed by atoms with Gasteiger partial charge < -0.3 is 10.1 Å². The smallest absolute Gasteiger partial charge is 0.234 e. The number of amides is 1. The van der Waals surface area contributed by atoms with Crippen LogP contribution in [0.1, 0.15) is 16.7 Å². The average Bonchev–Trinajstić information content (AvgIpc) is 2.74. The van der Waals surface area contributed by atoms with Crippen molar-refractivity contribution in [2.24, 2.45) is 0 Å². The van der Waals surface area contributed by atoms with E-state index < -0.39 is 0 Å². The fourth-order valence-electron chi connectivity index (χ4n) is 2.55. The molecule has 0 bridgehead atoms. The highest BCUT2D eigenvalue weighted by Gasteiger charge is 2.05. The average molecular weight is 406 g/mol. The third kappa shape index (κ3) is 6.66. The Balaban J connectivity index is 1.45. The zero-order chi connectivity index (χ0) is 20.5. The largest absolute Gasteiger partial charge is 0.489 e. The van der Waals surface area contributed by atoms with E-state index in [9.17, 15) is 9.18 Å². The number of carbonyl (C=O) groups is 1. The van der Waals surface area contributed by atoms with Crippen molar-refractivity contribution in [2.75, 3.05) is 11.1 Å². The van der Waals surface area contributed by atoms with E-state index in [-0.39, 0.29) is 11.7 Å². The summed E-state index contributed by atoms with van der Waals surface area (Å²) in [7, 11) is 0. The van der Waals surface area contributed by atoms with Gasteiger partial charge in [-0.15, -0.1) is 11.8 Å². The van der Waals surface area contributed by atoms with E-state index in [2.05, 4.69) is 11.4 Å². The van der Waals surface area contributed by atoms with Gasteiger partial charge in [-0.25, -0.2) is 4.39 Å². The van der Waals surface area contributed by atoms with E-state index in [1.807, 2.05) is 12.1 Å². The van der Waals surface area contributed by atoms with Gasteiger partial charge in [0.15, 0.2) is 0 Å². The van der Waals surface area contributed by atoms with Crippen molar-refractivity contribution in [1.29, 1.82) is 5.26 Å². The normalized spacial score (nSPS) is 10.2. The molecule has 3 rings (SSSR count). The minimum absolute atomic E-state index is 0.0978. The van der Waals surface area contributed by atoms with E-state index in [0.29, 0.717) is 35.1 Å². The van der Waals surface area contributed by atoms with Crippen LogP contribution in [0.25, 0.3) is 0 Å². The number of rotatable bonds is 8. The Hall–Kier alpha value is -3.30. The van der Waals surface area contributed by atoms with Crippen molar-refractivity contribution < 1.29 is 13.9 Å². The number of hydrogen-bond donors (Lipinski definition) is 1. The van der Waals surface area contributed by atoms with E-state index >= 15 is 0 Å². The summed E-state index contributed by atoms with van der Waals surface area (Å²) in [5, 5.41) is 11.7. The lowest BCUT2D eigenvalue weighted by molar-refractivity contribution is -0.113. The summed E-state index contributed by atoms with van der Waals surface area (Å²) >= 11 is 1.50. The summed E-state index contributed by atoms with van der Waals surface area (Å²) in [5.41, 5.74) is 3.21. The molecule has 3 aromatic carbocycles. The lowest BCUT2D eigenvalue weighted by Crippen LogP contribution is -2.14. The maximum absolute atomic E-state index is 12.9. The number of thioether (sulfide) groups is 1. The molecule has 0 spiro atoms. The molecule has 0 fully saturated rings. The SMILES string of the molecule is N#Cc1ccc(CSCC(=O)Nc2cccc(OCc3ccc(F)cc3)c2)cc1. The Bertz CT molecular complexity index is 999. The van der Waals surface area contributed by atoms with Gasteiger partial charge >= 0.3 is 0 Å². The first-order chi connectivity index (χ1) is 14.1. The molecule has 6 heteroatoms. The number of nitriles is 1. The maximum atomic E-state index is 12.9. The predicted octanol–water partition coefficient (Wildman–Crippen LogP) is 5.15. The molecule has 0 saturated heterocycles. The molecule has 1 amide bonds. The molecule has 0 radical (unpaired) electrons. The summed E-state index contributed by atoms with van der Waals surface area (Å²) in [4.78, 5) is 12.2. The summed E-state index contributed by atoms with van der Waals surface area (Å²) in [5.74, 6) is 1.26. The molecule has 29 heavy (non-hydrogen) atoms. The van der Waals surface area contributed by atoms with Crippen molar-refractivity contribution in [2.45, 2.75) is 12.4 Å². The maximum Gasteiger partial charge on any atom is 0.234 e. The van der Waals surface area contributed by atoms with Crippen LogP contribution in [0.5, 0.6) is 5.75 Å². The van der Waals surface area contributed by atoms with Gasteiger partial charge in [0.25, 0.3) is 0 Å². The predicted molar refractivity (Wildman–Crippen MR) is 113 cm³/mol. The van der Waals surface area contributed by atoms with Gasteiger partial charge in [-0.3, -0.25) is 4.79 Å². The molecule has 1 N–H and O–H groups in total. The highest BCUT2D eigenvalue weighted by molar-refractivity contribution is 7.99. The topological polar surface area (TPSA) is 62.1 Å². The van der Waals surface area contributed by atoms with Crippen molar-refractivity contribution >= 4 is 23.4 Å². The summed E-state index contributed by atoms with van der Waals surface area (Å²) in [6.07, 6.45) is 0. The standard InChI is InChI=1S/C23H19FN2O2S/c24-20-10-8-18(9-11-20)14-28-22-3-1-2-21(12-22)26-23(27)16-29-15-19-6-4-17(13-25)5-7-19/h1-12H,14-16H2,(H,26,27). The monoisotopic (exact) mass is 406 g/mol. The van der Waals surface area contributed by atoms with Crippen molar-refractivity contribution in [1.82, 2.24) is 0 Å². The van der Waals surface area contributed by atoms with E-state index in [4.69, 9.17) is 10.00 Å². The van der Waals surface area contributed by atoms with Gasteiger partial charge in [0.1, 0.15) is 18.2 Å². The Morgan fingerprint density at radius 2 is 1.76 bits per heavy atom. The molecular weight excluding hydrogens is 387 g/mol. The second-order valence-corrected chi connectivity index (χ2v) is 7.28. The third-order valence-corrected chi connectivity index (χ3v) is 5.03. The van der Waals surface area contributed by atoms with Crippen molar-refractivity contribution in [3.63, 3.8) is 0 Å². The zero-order valence-corrected chi connectivity index (χ0v) is 16.4. The molecule has 4 nitrogen and oxygen atoms in total. The molecule has 0 unspecified atom stereocenters. The number of carbonyl (C=O) groups excluding carboxylic acids is 1. The van der Waals surface area contributed by atoms with Crippen LogP contribution in [0.4, 0.5) is 10.1 Å². The molecule has 0 saturated carbocycles. The van der Waals surface area contributed by atoms with Crippen LogP contribution in [0.2, 0.25) is 0 Å². The minimum atomic E-state index is -0.282. The molecule has 3 aromatic rings. The highest BCUT2D eigenvalue weighted by atomic mass is 32.2. The number of benzene rings is 3. The van der Waals surface area contributed by atoms with Gasteiger partial charge in [-0.05, 0) is 47.5 Å². The van der Waals surface area contributed by atoms with Gasteiger partial charge in [-0.1, -0.05) is 30.3 Å². The Morgan fingerprint density at radius 1 is 1.03 bits per heavy atom. The number of hydrogen-bond acceptors (Lipinski definition) is 4. The van der Waals surface area contributed by atoms with Crippen LogP contribution < -0.4 is 10.1 Å². The second-order valence-electron chi connectivity index (χ2n) is 6.29. The number of nitrogens with zero attached hydrogens (tertiary/aromatic N) is 1. The van der Waals surface area contributed by atoms with Crippen LogP contribution in [-0.4, -0.2) is 11.7 Å². The molecule has 0 atom stereocenters. The molecule has 146 valence electrons. The molecule has 0 aromatic heterocycles. The fourth-order valence-corrected chi connectivity index (χ4v) is 3.33. The Kier molecular flexibility index (Phi) is 7.26. The highest BCUT2D eigenvalue weighted by Crippen LogP contribution is 2.20. The second kappa shape index (κ2) is 10.3. The first-order valence-corrected chi connectivity index (χ1v) is 10.1. The molecular formula is C23H19FN2O2S. The molecule has 0 aliphatic carbocycles. The first kappa shape index (κ1) is 20.4. The van der Waals surface area contributed by atoms with Crippen molar-refractivity contribution in [3.8, 4) is 11.8 Å². The zero-order valence-electron chi connectivity index (χ0n) is 15.6. The number of nitrogens with one attached hydrogen (secondary N) is 1. The molecule has 0 aliphatic rings. The van der Waals surface area contributed by atoms with E-state index in [0.717, 1.165) is 11.1 Å². The van der Waals surface area contributed by atoms with Crippen LogP contribution >= 0.6 is 11.8 Å². The summed E-state index contributed by atoms with van der Waals surface area (Å²) in [6.45, 7) is 0.318. The van der Waals surface area contributed by atoms with Gasteiger partial charge in [-0.2, -0.15) is 5.26 Å². The van der Waals surface area contributed by atoms with Gasteiger partial charge in [0.05, 0.1) is 17.4 Å². The third-order valence-electron chi connectivity index (χ3n) is 4.02. The first-order valence-electron chi connectivity index (χ1n) is 8.96. The lowest BCUT2D eigenvalue weighted by atomic mass is 10.2. The van der Waals surface area contributed by atoms with Gasteiger partial charge in [0, 0.05) is 17.5 Å². The summed E-state index contributed by atoms with van der Waals surface area (Å²) < 4.78 is 18.7. The summed E-state index contributed by atoms with van der Waals surface area (Å²) in [6, 6.07) is 22.7. The van der Waals surface area contributed by atoms with Crippen LogP contribution in [-0.2, 0) is 17.2 Å². The quantitative estimate of drug-likeness (QED) is 0.562. The molecule has 0 aliphatic heterocycles. The number of halogens is 1. The molecule has 0 heterocycles. The van der Waals surface area contributed by atoms with Crippen LogP contribution in [0, 0.1) is 17.1 Å². The number of anilines is 1. The van der Waals surface area contributed by atoms with Gasteiger partial charge in [0.2, 0.25) is 5.91 Å². The minimum Gasteiger partial charge on any atom is -0.489 e. The van der Waals surface area contributed by atoms with E-state index in [1.54, 1.807) is 48.5 Å². The fraction of sp³-hybridized carbons (Fsp3) is 0.130. The Labute approximate surface area is 173 Å². The lowest BCUT2D eigenvalue weighted by Gasteiger charge is -2.09. The Morgan fingerprint density at radius 3 is 2.48 bits per heavy atom. The van der Waals surface area contributed by atoms with Crippen molar-refractivity contribution in [3.05, 3.63) is 95.3 Å². The number of ether oxygens (including phenoxy) is 1.